The van der Waals surface area contributed by atoms with Gasteiger partial charge in [-0.25, -0.2) is 0 Å². The number of carbonyl (C=O) groups excluding carboxylic acids is 1. The van der Waals surface area contributed by atoms with E-state index in [0.29, 0.717) is 23.8 Å². The Morgan fingerprint density at radius 1 is 1.47 bits per heavy atom. The fourth-order valence-corrected chi connectivity index (χ4v) is 2.37. The van der Waals surface area contributed by atoms with Gasteiger partial charge in [0.2, 0.25) is 0 Å². The van der Waals surface area contributed by atoms with Crippen LogP contribution in [0, 0.1) is 5.92 Å². The molecular weight excluding hydrogens is 238 g/mol. The normalized spacial score (nSPS) is 23.9. The summed E-state index contributed by atoms with van der Waals surface area (Å²) in [7, 11) is 0. The summed E-state index contributed by atoms with van der Waals surface area (Å²) in [6.07, 6.45) is 0. The molecule has 1 aliphatic heterocycles. The van der Waals surface area contributed by atoms with Crippen molar-refractivity contribution in [2.45, 2.75) is 13.0 Å². The molecule has 1 aromatic rings. The summed E-state index contributed by atoms with van der Waals surface area (Å²) in [5.41, 5.74) is 0.590. The van der Waals surface area contributed by atoms with E-state index < -0.39 is 0 Å². The molecule has 3 nitrogen and oxygen atoms in total. The van der Waals surface area contributed by atoms with Crippen LogP contribution in [0.4, 0.5) is 0 Å². The molecule has 1 fully saturated rings. The number of likely N-dealkylation sites (N-methyl/N-ethyl adjacent to an activating group) is 1. The number of ketones is 1. The quantitative estimate of drug-likeness (QED) is 0.836. The van der Waals surface area contributed by atoms with Crippen molar-refractivity contribution >= 4 is 17.4 Å². The molecule has 1 heterocycles. The summed E-state index contributed by atoms with van der Waals surface area (Å²) in [6.45, 7) is 3.92. The van der Waals surface area contributed by atoms with E-state index in [4.69, 9.17) is 16.3 Å². The Bertz CT molecular complexity index is 408. The van der Waals surface area contributed by atoms with Crippen LogP contribution < -0.4 is 5.32 Å². The average Bonchev–Trinajstić information content (AvgIpc) is 2.78. The molecule has 2 atom stereocenters. The Balaban J connectivity index is 2.17. The highest BCUT2D eigenvalue weighted by molar-refractivity contribution is 6.34. The van der Waals surface area contributed by atoms with Gasteiger partial charge < -0.3 is 10.1 Å². The van der Waals surface area contributed by atoms with Gasteiger partial charge in [0.1, 0.15) is 0 Å². The second kappa shape index (κ2) is 5.63. The molecule has 1 N–H and O–H groups in total. The number of hydrogen-bond acceptors (Lipinski definition) is 3. The number of nitrogens with one attached hydrogen (secondary N) is 1. The maximum atomic E-state index is 12.3. The summed E-state index contributed by atoms with van der Waals surface area (Å²) >= 11 is 6.04. The zero-order valence-electron chi connectivity index (χ0n) is 9.78. The fourth-order valence-electron chi connectivity index (χ4n) is 2.14. The van der Waals surface area contributed by atoms with Crippen LogP contribution in [0.5, 0.6) is 0 Å². The zero-order chi connectivity index (χ0) is 12.3. The molecule has 1 saturated heterocycles. The number of halogens is 1. The van der Waals surface area contributed by atoms with Gasteiger partial charge in [0.15, 0.2) is 5.78 Å². The van der Waals surface area contributed by atoms with Crippen molar-refractivity contribution in [3.63, 3.8) is 0 Å². The molecule has 0 spiro atoms. The molecule has 0 amide bonds. The summed E-state index contributed by atoms with van der Waals surface area (Å²) in [5.74, 6) is -0.0612. The van der Waals surface area contributed by atoms with Crippen LogP contribution in [0.15, 0.2) is 24.3 Å². The van der Waals surface area contributed by atoms with Crippen molar-refractivity contribution in [1.82, 2.24) is 5.32 Å². The number of ether oxygens (including phenoxy) is 1. The van der Waals surface area contributed by atoms with E-state index in [2.05, 4.69) is 5.32 Å². The molecule has 0 aromatic heterocycles. The first kappa shape index (κ1) is 12.6. The van der Waals surface area contributed by atoms with Crippen molar-refractivity contribution in [3.8, 4) is 0 Å². The lowest BCUT2D eigenvalue weighted by molar-refractivity contribution is 0.0892. The minimum Gasteiger partial charge on any atom is -0.379 e. The first-order valence-electron chi connectivity index (χ1n) is 5.84. The lowest BCUT2D eigenvalue weighted by atomic mass is 9.93. The van der Waals surface area contributed by atoms with Crippen molar-refractivity contribution in [2.24, 2.45) is 5.92 Å². The van der Waals surface area contributed by atoms with E-state index in [9.17, 15) is 4.79 Å². The number of benzene rings is 1. The predicted octanol–water partition coefficient (Wildman–Crippen LogP) is 2.15. The molecular formula is C13H16ClNO2. The highest BCUT2D eigenvalue weighted by atomic mass is 35.5. The van der Waals surface area contributed by atoms with Crippen molar-refractivity contribution in [2.75, 3.05) is 19.8 Å². The SMILES string of the molecule is CCNC1COCC1C(=O)c1ccccc1Cl. The maximum absolute atomic E-state index is 12.3. The molecule has 0 bridgehead atoms. The van der Waals surface area contributed by atoms with Gasteiger partial charge in [-0.2, -0.15) is 0 Å². The van der Waals surface area contributed by atoms with Crippen molar-refractivity contribution in [3.05, 3.63) is 34.9 Å². The lowest BCUT2D eigenvalue weighted by Gasteiger charge is -2.17. The highest BCUT2D eigenvalue weighted by Gasteiger charge is 2.34. The van der Waals surface area contributed by atoms with E-state index in [0.717, 1.165) is 6.54 Å². The molecule has 2 unspecified atom stereocenters. The van der Waals surface area contributed by atoms with Crippen LogP contribution >= 0.6 is 11.6 Å². The molecule has 1 aromatic carbocycles. The van der Waals surface area contributed by atoms with Crippen LogP contribution in [0.3, 0.4) is 0 Å². The minimum atomic E-state index is -0.130. The lowest BCUT2D eigenvalue weighted by Crippen LogP contribution is -2.39. The highest BCUT2D eigenvalue weighted by Crippen LogP contribution is 2.23. The molecule has 0 aliphatic carbocycles. The molecule has 17 heavy (non-hydrogen) atoms. The topological polar surface area (TPSA) is 38.3 Å². The number of carbonyl (C=O) groups is 1. The monoisotopic (exact) mass is 253 g/mol. The van der Waals surface area contributed by atoms with Gasteiger partial charge in [-0.15, -0.1) is 0 Å². The van der Waals surface area contributed by atoms with E-state index in [-0.39, 0.29) is 17.7 Å². The van der Waals surface area contributed by atoms with Gasteiger partial charge in [-0.1, -0.05) is 30.7 Å². The van der Waals surface area contributed by atoms with Gasteiger partial charge >= 0.3 is 0 Å². The third-order valence-electron chi connectivity index (χ3n) is 3.02. The van der Waals surface area contributed by atoms with Gasteiger partial charge in [-0.3, -0.25) is 4.79 Å². The van der Waals surface area contributed by atoms with Gasteiger partial charge in [-0.05, 0) is 18.7 Å². The third-order valence-corrected chi connectivity index (χ3v) is 3.35. The van der Waals surface area contributed by atoms with E-state index in [1.54, 1.807) is 12.1 Å². The van der Waals surface area contributed by atoms with Gasteiger partial charge in [0, 0.05) is 11.6 Å². The van der Waals surface area contributed by atoms with Crippen molar-refractivity contribution < 1.29 is 9.53 Å². The van der Waals surface area contributed by atoms with E-state index in [1.807, 2.05) is 19.1 Å². The summed E-state index contributed by atoms with van der Waals surface area (Å²) in [4.78, 5) is 12.3. The molecule has 2 rings (SSSR count). The summed E-state index contributed by atoms with van der Waals surface area (Å²) < 4.78 is 5.38. The van der Waals surface area contributed by atoms with Crippen LogP contribution in [0.2, 0.25) is 5.02 Å². The Morgan fingerprint density at radius 2 is 2.24 bits per heavy atom. The largest absolute Gasteiger partial charge is 0.379 e. The molecule has 1 aliphatic rings. The fraction of sp³-hybridized carbons (Fsp3) is 0.462. The smallest absolute Gasteiger partial charge is 0.171 e. The zero-order valence-corrected chi connectivity index (χ0v) is 10.5. The average molecular weight is 254 g/mol. The van der Waals surface area contributed by atoms with Crippen LogP contribution in [-0.2, 0) is 4.74 Å². The van der Waals surface area contributed by atoms with Gasteiger partial charge in [0.05, 0.1) is 24.2 Å². The Hall–Kier alpha value is -0.900. The number of Topliss-reactive ketones (excluding diaryl/α,β-unsaturated/α-hetero) is 1. The third kappa shape index (κ3) is 2.68. The number of hydrogen-bond donors (Lipinski definition) is 1. The molecule has 92 valence electrons. The standard InChI is InChI=1S/C13H16ClNO2/c1-2-15-12-8-17-7-10(12)13(16)9-5-3-4-6-11(9)14/h3-6,10,12,15H,2,7-8H2,1H3. The summed E-state index contributed by atoms with van der Waals surface area (Å²) in [6, 6.07) is 7.27. The van der Waals surface area contributed by atoms with Gasteiger partial charge in [0.25, 0.3) is 0 Å². The maximum Gasteiger partial charge on any atom is 0.171 e. The predicted molar refractivity (Wildman–Crippen MR) is 67.6 cm³/mol. The van der Waals surface area contributed by atoms with Crippen molar-refractivity contribution in [1.29, 1.82) is 0 Å². The minimum absolute atomic E-state index is 0.0686. The Kier molecular flexibility index (Phi) is 4.15. The molecule has 4 heteroatoms. The molecule has 0 radical (unpaired) electrons. The van der Waals surface area contributed by atoms with E-state index >= 15 is 0 Å². The second-order valence-corrected chi connectivity index (χ2v) is 4.56. The Morgan fingerprint density at radius 3 is 2.94 bits per heavy atom. The first-order chi connectivity index (χ1) is 8.24. The Labute approximate surface area is 106 Å². The van der Waals surface area contributed by atoms with Crippen LogP contribution in [0.25, 0.3) is 0 Å². The first-order valence-corrected chi connectivity index (χ1v) is 6.21. The molecule has 0 saturated carbocycles. The van der Waals surface area contributed by atoms with E-state index in [1.165, 1.54) is 0 Å². The van der Waals surface area contributed by atoms with Crippen LogP contribution in [0.1, 0.15) is 17.3 Å². The second-order valence-electron chi connectivity index (χ2n) is 4.15. The summed E-state index contributed by atoms with van der Waals surface area (Å²) in [5, 5.41) is 3.79. The number of rotatable bonds is 4. The van der Waals surface area contributed by atoms with Crippen LogP contribution in [-0.4, -0.2) is 31.6 Å².